The van der Waals surface area contributed by atoms with Gasteiger partial charge in [-0.25, -0.2) is 0 Å². The van der Waals surface area contributed by atoms with Crippen LogP contribution in [0.4, 0.5) is 0 Å². The topological polar surface area (TPSA) is 26.3 Å². The molecular formula is C27H40O2. The van der Waals surface area contributed by atoms with Gasteiger partial charge in [0.15, 0.2) is 0 Å². The molecule has 3 rings (SSSR count). The van der Waals surface area contributed by atoms with Crippen molar-refractivity contribution in [2.75, 3.05) is 7.11 Å². The summed E-state index contributed by atoms with van der Waals surface area (Å²) in [7, 11) is 1.51. The lowest BCUT2D eigenvalue weighted by molar-refractivity contribution is -0.146. The van der Waals surface area contributed by atoms with E-state index in [9.17, 15) is 4.79 Å². The van der Waals surface area contributed by atoms with Gasteiger partial charge < -0.3 is 4.74 Å². The van der Waals surface area contributed by atoms with Crippen molar-refractivity contribution in [1.29, 1.82) is 0 Å². The summed E-state index contributed by atoms with van der Waals surface area (Å²) in [6, 6.07) is 9.51. The standard InChI is InChI=1S/C27H40O2/c1-3-4-5-6-21-9-15-24(16-10-21)25-17-11-22(12-18-25)7-8-23-13-19-26(20-14-23)27(28)29-2/h7-10,15-16,22-23,25-26H,3-6,11-14,17-20H2,1-2H3. The van der Waals surface area contributed by atoms with E-state index < -0.39 is 0 Å². The highest BCUT2D eigenvalue weighted by Gasteiger charge is 2.26. The van der Waals surface area contributed by atoms with Gasteiger partial charge in [0.1, 0.15) is 0 Å². The lowest BCUT2D eigenvalue weighted by Crippen LogP contribution is -2.22. The number of methoxy groups -OCH3 is 1. The number of hydrogen-bond acceptors (Lipinski definition) is 2. The minimum absolute atomic E-state index is 0.0141. The largest absolute Gasteiger partial charge is 0.469 e. The van der Waals surface area contributed by atoms with Gasteiger partial charge in [0.05, 0.1) is 13.0 Å². The van der Waals surface area contributed by atoms with E-state index in [4.69, 9.17) is 4.74 Å². The second kappa shape index (κ2) is 11.6. The Kier molecular flexibility index (Phi) is 8.83. The molecule has 1 aromatic carbocycles. The Morgan fingerprint density at radius 3 is 2.03 bits per heavy atom. The van der Waals surface area contributed by atoms with Crippen LogP contribution in [0.5, 0.6) is 0 Å². The first-order chi connectivity index (χ1) is 14.2. The van der Waals surface area contributed by atoms with E-state index >= 15 is 0 Å². The minimum atomic E-state index is -0.0141. The van der Waals surface area contributed by atoms with Crippen LogP contribution in [0, 0.1) is 17.8 Å². The van der Waals surface area contributed by atoms with Crippen LogP contribution in [0.2, 0.25) is 0 Å². The van der Waals surface area contributed by atoms with Gasteiger partial charge in [-0.05, 0) is 93.1 Å². The van der Waals surface area contributed by atoms with Gasteiger partial charge in [0, 0.05) is 0 Å². The third kappa shape index (κ3) is 6.73. The smallest absolute Gasteiger partial charge is 0.308 e. The predicted octanol–water partition coefficient (Wildman–Crippen LogP) is 7.23. The van der Waals surface area contributed by atoms with Gasteiger partial charge >= 0.3 is 5.97 Å². The van der Waals surface area contributed by atoms with E-state index in [2.05, 4.69) is 43.3 Å². The number of aryl methyl sites for hydroxylation is 1. The maximum Gasteiger partial charge on any atom is 0.308 e. The van der Waals surface area contributed by atoms with Crippen LogP contribution < -0.4 is 0 Å². The molecule has 2 heteroatoms. The second-order valence-corrected chi connectivity index (χ2v) is 9.33. The maximum absolute atomic E-state index is 11.7. The Balaban J connectivity index is 1.39. The number of hydrogen-bond donors (Lipinski definition) is 0. The average Bonchev–Trinajstić information content (AvgIpc) is 2.78. The van der Waals surface area contributed by atoms with Crippen LogP contribution in [-0.2, 0) is 16.0 Å². The fraction of sp³-hybridized carbons (Fsp3) is 0.667. The molecule has 1 aromatic rings. The lowest BCUT2D eigenvalue weighted by Gasteiger charge is -2.28. The molecule has 0 heterocycles. The van der Waals surface area contributed by atoms with Gasteiger partial charge in [-0.3, -0.25) is 4.79 Å². The van der Waals surface area contributed by atoms with Crippen molar-refractivity contribution >= 4 is 5.97 Å². The van der Waals surface area contributed by atoms with E-state index in [0.29, 0.717) is 5.92 Å². The number of esters is 1. The summed E-state index contributed by atoms with van der Waals surface area (Å²) in [6.45, 7) is 2.27. The zero-order chi connectivity index (χ0) is 20.5. The van der Waals surface area contributed by atoms with Crippen molar-refractivity contribution < 1.29 is 9.53 Å². The Morgan fingerprint density at radius 1 is 0.897 bits per heavy atom. The number of unbranched alkanes of at least 4 members (excludes halogenated alkanes) is 2. The first-order valence-electron chi connectivity index (χ1n) is 12.0. The Labute approximate surface area is 178 Å². The summed E-state index contributed by atoms with van der Waals surface area (Å²) in [5, 5.41) is 0. The SMILES string of the molecule is CCCCCc1ccc(C2CCC(C=CC3CCC(C(=O)OC)CC3)CC2)cc1. The molecule has 0 atom stereocenters. The monoisotopic (exact) mass is 396 g/mol. The third-order valence-corrected chi connectivity index (χ3v) is 7.25. The van der Waals surface area contributed by atoms with E-state index in [1.165, 1.54) is 64.0 Å². The molecule has 0 spiro atoms. The van der Waals surface area contributed by atoms with Gasteiger partial charge in [0.2, 0.25) is 0 Å². The molecule has 0 bridgehead atoms. The van der Waals surface area contributed by atoms with Crippen molar-refractivity contribution in [2.45, 2.75) is 89.9 Å². The van der Waals surface area contributed by atoms with Gasteiger partial charge in [-0.2, -0.15) is 0 Å². The molecule has 2 fully saturated rings. The van der Waals surface area contributed by atoms with E-state index in [-0.39, 0.29) is 11.9 Å². The van der Waals surface area contributed by atoms with Crippen LogP contribution in [0.1, 0.15) is 94.6 Å². The zero-order valence-corrected chi connectivity index (χ0v) is 18.6. The predicted molar refractivity (Wildman–Crippen MR) is 121 cm³/mol. The fourth-order valence-electron chi connectivity index (χ4n) is 5.21. The number of allylic oxidation sites excluding steroid dienone is 2. The molecule has 2 saturated carbocycles. The van der Waals surface area contributed by atoms with Crippen LogP contribution in [-0.4, -0.2) is 13.1 Å². The number of ether oxygens (including phenoxy) is 1. The molecule has 160 valence electrons. The molecule has 0 aliphatic heterocycles. The molecule has 29 heavy (non-hydrogen) atoms. The fourth-order valence-corrected chi connectivity index (χ4v) is 5.21. The van der Waals surface area contributed by atoms with E-state index in [0.717, 1.165) is 37.5 Å². The summed E-state index contributed by atoms with van der Waals surface area (Å²) in [5.41, 5.74) is 3.05. The molecule has 2 aliphatic rings. The molecule has 0 N–H and O–H groups in total. The normalized spacial score (nSPS) is 27.8. The van der Waals surface area contributed by atoms with E-state index in [1.54, 1.807) is 5.56 Å². The van der Waals surface area contributed by atoms with Crippen LogP contribution >= 0.6 is 0 Å². The molecular weight excluding hydrogens is 356 g/mol. The minimum Gasteiger partial charge on any atom is -0.469 e. The Hall–Kier alpha value is -1.57. The summed E-state index contributed by atoms with van der Waals surface area (Å²) < 4.78 is 4.90. The number of benzene rings is 1. The van der Waals surface area contributed by atoms with E-state index in [1.807, 2.05) is 0 Å². The third-order valence-electron chi connectivity index (χ3n) is 7.25. The highest BCUT2D eigenvalue weighted by atomic mass is 16.5. The maximum atomic E-state index is 11.7. The molecule has 0 aromatic heterocycles. The van der Waals surface area contributed by atoms with Gasteiger partial charge in [-0.1, -0.05) is 56.2 Å². The lowest BCUT2D eigenvalue weighted by atomic mass is 9.77. The highest BCUT2D eigenvalue weighted by Crippen LogP contribution is 2.37. The van der Waals surface area contributed by atoms with Crippen LogP contribution in [0.15, 0.2) is 36.4 Å². The summed E-state index contributed by atoms with van der Waals surface area (Å²) in [4.78, 5) is 11.7. The Bertz CT molecular complexity index is 629. The van der Waals surface area contributed by atoms with Crippen LogP contribution in [0.25, 0.3) is 0 Å². The summed E-state index contributed by atoms with van der Waals surface area (Å²) in [6.07, 6.45) is 19.7. The highest BCUT2D eigenvalue weighted by molar-refractivity contribution is 5.72. The molecule has 0 saturated heterocycles. The number of carbonyl (C=O) groups excluding carboxylic acids is 1. The molecule has 2 aliphatic carbocycles. The van der Waals surface area contributed by atoms with Gasteiger partial charge in [0.25, 0.3) is 0 Å². The van der Waals surface area contributed by atoms with Crippen molar-refractivity contribution in [2.24, 2.45) is 17.8 Å². The van der Waals surface area contributed by atoms with Crippen molar-refractivity contribution in [3.8, 4) is 0 Å². The first kappa shape index (κ1) is 22.1. The zero-order valence-electron chi connectivity index (χ0n) is 18.6. The molecule has 0 amide bonds. The summed E-state index contributed by atoms with van der Waals surface area (Å²) in [5.74, 6) is 2.28. The molecule has 0 radical (unpaired) electrons. The number of rotatable bonds is 8. The second-order valence-electron chi connectivity index (χ2n) is 9.33. The average molecular weight is 397 g/mol. The van der Waals surface area contributed by atoms with Crippen LogP contribution in [0.3, 0.4) is 0 Å². The molecule has 2 nitrogen and oxygen atoms in total. The Morgan fingerprint density at radius 2 is 1.48 bits per heavy atom. The van der Waals surface area contributed by atoms with Crippen molar-refractivity contribution in [1.82, 2.24) is 0 Å². The quantitative estimate of drug-likeness (QED) is 0.263. The van der Waals surface area contributed by atoms with Gasteiger partial charge in [-0.15, -0.1) is 0 Å². The van der Waals surface area contributed by atoms with Crippen molar-refractivity contribution in [3.05, 3.63) is 47.5 Å². The molecule has 0 unspecified atom stereocenters. The first-order valence-corrected chi connectivity index (χ1v) is 12.0. The summed E-state index contributed by atoms with van der Waals surface area (Å²) >= 11 is 0. The number of carbonyl (C=O) groups is 1. The van der Waals surface area contributed by atoms with Crippen molar-refractivity contribution in [3.63, 3.8) is 0 Å².